The lowest BCUT2D eigenvalue weighted by Crippen LogP contribution is -2.18. The average molecular weight is 285 g/mol. The monoisotopic (exact) mass is 285 g/mol. The van der Waals surface area contributed by atoms with Crippen molar-refractivity contribution in [1.29, 1.82) is 0 Å². The maximum Gasteiger partial charge on any atom is 0.335 e. The third kappa shape index (κ3) is 6.04. The maximum absolute atomic E-state index is 10.8. The van der Waals surface area contributed by atoms with E-state index in [9.17, 15) is 4.79 Å². The van der Waals surface area contributed by atoms with Gasteiger partial charge >= 0.3 is 5.97 Å². The van der Waals surface area contributed by atoms with Crippen LogP contribution in [0.15, 0.2) is 23.4 Å². The van der Waals surface area contributed by atoms with E-state index in [-0.39, 0.29) is 11.9 Å². The molecular formula is C13H19NO4S. The summed E-state index contributed by atoms with van der Waals surface area (Å²) in [6, 6.07) is 3.05. The van der Waals surface area contributed by atoms with Crippen LogP contribution in [0.25, 0.3) is 0 Å². The number of hydrogen-bond donors (Lipinski definition) is 1. The minimum atomic E-state index is -0.939. The normalized spacial score (nSPS) is 10.9. The first kappa shape index (κ1) is 15.9. The minimum absolute atomic E-state index is 0.204. The molecule has 1 rings (SSSR count). The molecule has 0 spiro atoms. The number of ether oxygens (including phenoxy) is 2. The van der Waals surface area contributed by atoms with Crippen molar-refractivity contribution in [2.75, 3.05) is 19.0 Å². The Morgan fingerprint density at radius 3 is 2.68 bits per heavy atom. The number of carbonyl (C=O) groups is 1. The number of carboxylic acids is 1. The Hall–Kier alpha value is -1.11. The molecule has 1 aromatic rings. The van der Waals surface area contributed by atoms with E-state index in [1.54, 1.807) is 6.07 Å². The van der Waals surface area contributed by atoms with Crippen LogP contribution in [0.2, 0.25) is 0 Å². The molecule has 5 nitrogen and oxygen atoms in total. The summed E-state index contributed by atoms with van der Waals surface area (Å²) in [5.41, 5.74) is 0.253. The van der Waals surface area contributed by atoms with E-state index in [1.807, 2.05) is 13.8 Å². The Morgan fingerprint density at radius 1 is 1.42 bits per heavy atom. The van der Waals surface area contributed by atoms with Gasteiger partial charge in [0.25, 0.3) is 0 Å². The van der Waals surface area contributed by atoms with Crippen molar-refractivity contribution in [2.45, 2.75) is 31.6 Å². The van der Waals surface area contributed by atoms with Crippen LogP contribution in [0, 0.1) is 0 Å². The van der Waals surface area contributed by atoms with Crippen LogP contribution in [0.1, 0.15) is 30.6 Å². The fourth-order valence-corrected chi connectivity index (χ4v) is 2.33. The van der Waals surface area contributed by atoms with Crippen LogP contribution in [-0.4, -0.2) is 41.3 Å². The molecule has 0 aromatic carbocycles. The van der Waals surface area contributed by atoms with Crippen molar-refractivity contribution in [2.24, 2.45) is 0 Å². The van der Waals surface area contributed by atoms with E-state index in [0.29, 0.717) is 18.2 Å². The molecule has 0 saturated heterocycles. The van der Waals surface area contributed by atoms with Gasteiger partial charge in [-0.15, -0.1) is 11.8 Å². The molecular weight excluding hydrogens is 266 g/mol. The second kappa shape index (κ2) is 8.90. The molecule has 0 bridgehead atoms. The van der Waals surface area contributed by atoms with Crippen molar-refractivity contribution in [3.63, 3.8) is 0 Å². The highest BCUT2D eigenvalue weighted by Gasteiger charge is 2.09. The van der Waals surface area contributed by atoms with Crippen LogP contribution in [-0.2, 0) is 9.47 Å². The Morgan fingerprint density at radius 2 is 2.11 bits per heavy atom. The fraction of sp³-hybridized carbons (Fsp3) is 0.538. The van der Waals surface area contributed by atoms with Crippen molar-refractivity contribution in [3.8, 4) is 0 Å². The number of aromatic carboxylic acids is 1. The molecule has 1 N–H and O–H groups in total. The summed E-state index contributed by atoms with van der Waals surface area (Å²) in [4.78, 5) is 15.0. The van der Waals surface area contributed by atoms with Gasteiger partial charge in [0.1, 0.15) is 0 Å². The number of pyridine rings is 1. The number of nitrogens with zero attached hydrogens (tertiary/aromatic N) is 1. The highest BCUT2D eigenvalue weighted by molar-refractivity contribution is 7.99. The van der Waals surface area contributed by atoms with Gasteiger partial charge in [0, 0.05) is 31.6 Å². The summed E-state index contributed by atoms with van der Waals surface area (Å²) in [7, 11) is 0. The zero-order valence-electron chi connectivity index (χ0n) is 11.2. The van der Waals surface area contributed by atoms with E-state index in [4.69, 9.17) is 14.6 Å². The summed E-state index contributed by atoms with van der Waals surface area (Å²) in [6.07, 6.45) is 2.05. The van der Waals surface area contributed by atoms with E-state index in [0.717, 1.165) is 12.2 Å². The van der Waals surface area contributed by atoms with Crippen LogP contribution in [0.4, 0.5) is 0 Å². The van der Waals surface area contributed by atoms with Gasteiger partial charge in [0.05, 0.1) is 10.6 Å². The van der Waals surface area contributed by atoms with Crippen LogP contribution < -0.4 is 0 Å². The van der Waals surface area contributed by atoms with Crippen molar-refractivity contribution < 1.29 is 19.4 Å². The molecule has 0 amide bonds. The first-order valence-electron chi connectivity index (χ1n) is 6.22. The van der Waals surface area contributed by atoms with Gasteiger partial charge in [-0.25, -0.2) is 9.78 Å². The number of aromatic nitrogens is 1. The zero-order valence-corrected chi connectivity index (χ0v) is 12.0. The summed E-state index contributed by atoms with van der Waals surface area (Å²) >= 11 is 1.50. The molecule has 0 aliphatic carbocycles. The smallest absolute Gasteiger partial charge is 0.335 e. The molecule has 0 unspecified atom stereocenters. The second-order valence-electron chi connectivity index (χ2n) is 3.67. The van der Waals surface area contributed by atoms with Gasteiger partial charge in [-0.1, -0.05) is 0 Å². The molecule has 6 heteroatoms. The van der Waals surface area contributed by atoms with Crippen LogP contribution >= 0.6 is 11.8 Å². The summed E-state index contributed by atoms with van der Waals surface area (Å²) in [5, 5.41) is 9.59. The predicted octanol–water partition coefficient (Wildman–Crippen LogP) is 2.66. The van der Waals surface area contributed by atoms with E-state index < -0.39 is 5.97 Å². The topological polar surface area (TPSA) is 68.7 Å². The summed E-state index contributed by atoms with van der Waals surface area (Å²) in [5.74, 6) is -0.174. The molecule has 1 aromatic heterocycles. The van der Waals surface area contributed by atoms with E-state index in [2.05, 4.69) is 4.98 Å². The molecule has 106 valence electrons. The lowest BCUT2D eigenvalue weighted by atomic mass is 10.3. The van der Waals surface area contributed by atoms with Gasteiger partial charge in [-0.05, 0) is 26.0 Å². The highest BCUT2D eigenvalue weighted by atomic mass is 32.2. The van der Waals surface area contributed by atoms with Crippen LogP contribution in [0.3, 0.4) is 0 Å². The maximum atomic E-state index is 10.8. The predicted molar refractivity (Wildman–Crippen MR) is 73.6 cm³/mol. The van der Waals surface area contributed by atoms with Gasteiger partial charge < -0.3 is 14.6 Å². The van der Waals surface area contributed by atoms with E-state index >= 15 is 0 Å². The summed E-state index contributed by atoms with van der Waals surface area (Å²) < 4.78 is 10.9. The Bertz CT molecular complexity index is 394. The number of rotatable bonds is 9. The molecule has 0 aliphatic heterocycles. The standard InChI is InChI=1S/C13H19NO4S/c1-3-17-12(18-4-2)6-8-19-11-9-10(13(15)16)5-7-14-11/h5,7,9,12H,3-4,6,8H2,1-2H3,(H,15,16). The van der Waals surface area contributed by atoms with Gasteiger partial charge in [0.15, 0.2) is 6.29 Å². The van der Waals surface area contributed by atoms with Crippen molar-refractivity contribution in [1.82, 2.24) is 4.98 Å². The molecule has 1 heterocycles. The first-order chi connectivity index (χ1) is 9.17. The molecule has 0 atom stereocenters. The van der Waals surface area contributed by atoms with Crippen LogP contribution in [0.5, 0.6) is 0 Å². The van der Waals surface area contributed by atoms with Crippen molar-refractivity contribution >= 4 is 17.7 Å². The Kier molecular flexibility index (Phi) is 7.47. The van der Waals surface area contributed by atoms with Gasteiger partial charge in [-0.3, -0.25) is 0 Å². The lowest BCUT2D eigenvalue weighted by Gasteiger charge is -2.16. The molecule has 0 aliphatic rings. The zero-order chi connectivity index (χ0) is 14.1. The minimum Gasteiger partial charge on any atom is -0.478 e. The number of hydrogen-bond acceptors (Lipinski definition) is 5. The first-order valence-corrected chi connectivity index (χ1v) is 7.21. The largest absolute Gasteiger partial charge is 0.478 e. The molecule has 19 heavy (non-hydrogen) atoms. The van der Waals surface area contributed by atoms with Gasteiger partial charge in [0.2, 0.25) is 0 Å². The van der Waals surface area contributed by atoms with Gasteiger partial charge in [-0.2, -0.15) is 0 Å². The third-order valence-corrected chi connectivity index (χ3v) is 3.25. The Labute approximate surface area is 117 Å². The molecule has 0 radical (unpaired) electrons. The molecule has 0 saturated carbocycles. The number of thioether (sulfide) groups is 1. The summed E-state index contributed by atoms with van der Waals surface area (Å²) in [6.45, 7) is 5.08. The second-order valence-corrected chi connectivity index (χ2v) is 4.78. The average Bonchev–Trinajstić information content (AvgIpc) is 2.39. The SMILES string of the molecule is CCOC(CCSc1cc(C(=O)O)ccn1)OCC. The lowest BCUT2D eigenvalue weighted by molar-refractivity contribution is -0.136. The third-order valence-electron chi connectivity index (χ3n) is 2.29. The van der Waals surface area contributed by atoms with Crippen molar-refractivity contribution in [3.05, 3.63) is 23.9 Å². The highest BCUT2D eigenvalue weighted by Crippen LogP contribution is 2.18. The molecule has 0 fully saturated rings. The van der Waals surface area contributed by atoms with E-state index in [1.165, 1.54) is 24.0 Å². The Balaban J connectivity index is 2.43. The quantitative estimate of drug-likeness (QED) is 0.555. The fourth-order valence-electron chi connectivity index (χ4n) is 1.47. The number of carboxylic acid groups (broad SMARTS) is 1.